The lowest BCUT2D eigenvalue weighted by Gasteiger charge is -2.25. The summed E-state index contributed by atoms with van der Waals surface area (Å²) >= 11 is 0. The summed E-state index contributed by atoms with van der Waals surface area (Å²) in [7, 11) is 0. The topological polar surface area (TPSA) is 44.4 Å². The number of fused-ring (bicyclic) bond motifs is 2. The largest absolute Gasteiger partial charge is 0.353 e. The first-order chi connectivity index (χ1) is 9.79. The molecular formula is C16H29N3O. The van der Waals surface area contributed by atoms with Crippen LogP contribution in [0.5, 0.6) is 0 Å². The zero-order valence-corrected chi connectivity index (χ0v) is 12.6. The molecule has 3 fully saturated rings. The summed E-state index contributed by atoms with van der Waals surface area (Å²) in [5.74, 6) is 0.263. The Labute approximate surface area is 122 Å². The van der Waals surface area contributed by atoms with Crippen LogP contribution in [0.1, 0.15) is 57.8 Å². The lowest BCUT2D eigenvalue weighted by atomic mass is 9.95. The van der Waals surface area contributed by atoms with Crippen molar-refractivity contribution in [2.45, 2.75) is 75.9 Å². The van der Waals surface area contributed by atoms with Gasteiger partial charge in [-0.25, -0.2) is 0 Å². The number of amides is 1. The summed E-state index contributed by atoms with van der Waals surface area (Å²) < 4.78 is 0. The fourth-order valence-corrected chi connectivity index (χ4v) is 4.02. The van der Waals surface area contributed by atoms with Crippen molar-refractivity contribution in [1.82, 2.24) is 15.5 Å². The van der Waals surface area contributed by atoms with E-state index in [1.165, 1.54) is 51.4 Å². The molecule has 0 aromatic rings. The Hall–Kier alpha value is -0.610. The average Bonchev–Trinajstić information content (AvgIpc) is 2.79. The van der Waals surface area contributed by atoms with E-state index in [-0.39, 0.29) is 5.91 Å². The SMILES string of the molecule is O=C(CCN1CCC2CCC(C1)N2)NC1CCCCC1. The van der Waals surface area contributed by atoms with Crippen molar-refractivity contribution in [3.05, 3.63) is 0 Å². The van der Waals surface area contributed by atoms with Crippen LogP contribution in [-0.2, 0) is 4.79 Å². The molecule has 3 rings (SSSR count). The molecule has 1 amide bonds. The Balaban J connectivity index is 1.36. The predicted octanol–water partition coefficient (Wildman–Crippen LogP) is 1.65. The third-order valence-corrected chi connectivity index (χ3v) is 5.23. The minimum absolute atomic E-state index is 0.263. The van der Waals surface area contributed by atoms with Crippen LogP contribution in [0.15, 0.2) is 0 Å². The monoisotopic (exact) mass is 279 g/mol. The Kier molecular flexibility index (Phi) is 4.94. The minimum atomic E-state index is 0.263. The van der Waals surface area contributed by atoms with E-state index in [1.807, 2.05) is 0 Å². The highest BCUT2D eigenvalue weighted by atomic mass is 16.1. The van der Waals surface area contributed by atoms with Gasteiger partial charge in [0.25, 0.3) is 0 Å². The van der Waals surface area contributed by atoms with E-state index >= 15 is 0 Å². The summed E-state index contributed by atoms with van der Waals surface area (Å²) in [5, 5.41) is 6.92. The maximum Gasteiger partial charge on any atom is 0.221 e. The molecule has 2 bridgehead atoms. The van der Waals surface area contributed by atoms with Gasteiger partial charge in [0.2, 0.25) is 5.91 Å². The van der Waals surface area contributed by atoms with Crippen LogP contribution < -0.4 is 10.6 Å². The second-order valence-electron chi connectivity index (χ2n) is 6.88. The van der Waals surface area contributed by atoms with Crippen LogP contribution in [-0.4, -0.2) is 48.6 Å². The molecule has 2 heterocycles. The van der Waals surface area contributed by atoms with Gasteiger partial charge in [0, 0.05) is 37.6 Å². The van der Waals surface area contributed by atoms with Crippen molar-refractivity contribution in [3.8, 4) is 0 Å². The van der Waals surface area contributed by atoms with Gasteiger partial charge in [-0.3, -0.25) is 4.79 Å². The molecule has 0 aromatic carbocycles. The van der Waals surface area contributed by atoms with Gasteiger partial charge in [0.1, 0.15) is 0 Å². The summed E-state index contributed by atoms with van der Waals surface area (Å²) in [6.07, 6.45) is 10.9. The van der Waals surface area contributed by atoms with Gasteiger partial charge in [-0.1, -0.05) is 19.3 Å². The van der Waals surface area contributed by atoms with Crippen molar-refractivity contribution in [2.24, 2.45) is 0 Å². The molecule has 2 N–H and O–H groups in total. The maximum atomic E-state index is 12.0. The molecule has 20 heavy (non-hydrogen) atoms. The third kappa shape index (κ3) is 3.95. The number of nitrogens with one attached hydrogen (secondary N) is 2. The highest BCUT2D eigenvalue weighted by Crippen LogP contribution is 2.20. The summed E-state index contributed by atoms with van der Waals surface area (Å²) in [4.78, 5) is 14.5. The lowest BCUT2D eigenvalue weighted by Crippen LogP contribution is -2.40. The molecule has 114 valence electrons. The summed E-state index contributed by atoms with van der Waals surface area (Å²) in [6, 6.07) is 1.86. The number of rotatable bonds is 4. The van der Waals surface area contributed by atoms with E-state index in [2.05, 4.69) is 15.5 Å². The second kappa shape index (κ2) is 6.90. The van der Waals surface area contributed by atoms with Gasteiger partial charge < -0.3 is 15.5 Å². The Morgan fingerprint density at radius 1 is 1.05 bits per heavy atom. The van der Waals surface area contributed by atoms with E-state index < -0.39 is 0 Å². The average molecular weight is 279 g/mol. The number of nitrogens with zero attached hydrogens (tertiary/aromatic N) is 1. The van der Waals surface area contributed by atoms with E-state index in [1.54, 1.807) is 0 Å². The van der Waals surface area contributed by atoms with Gasteiger partial charge in [0.15, 0.2) is 0 Å². The summed E-state index contributed by atoms with van der Waals surface area (Å²) in [5.41, 5.74) is 0. The standard InChI is InChI=1S/C16H29N3O/c20-16(18-13-4-2-1-3-5-13)9-11-19-10-8-14-6-7-15(12-19)17-14/h13-15,17H,1-12H2,(H,18,20). The molecule has 0 spiro atoms. The van der Waals surface area contributed by atoms with Crippen molar-refractivity contribution in [2.75, 3.05) is 19.6 Å². The second-order valence-corrected chi connectivity index (χ2v) is 6.88. The highest BCUT2D eigenvalue weighted by molar-refractivity contribution is 5.76. The van der Waals surface area contributed by atoms with Gasteiger partial charge in [-0.15, -0.1) is 0 Å². The molecule has 2 saturated heterocycles. The molecule has 1 aliphatic carbocycles. The van der Waals surface area contributed by atoms with Gasteiger partial charge in [-0.05, 0) is 38.6 Å². The molecule has 1 saturated carbocycles. The molecule has 2 aliphatic heterocycles. The molecule has 0 aromatic heterocycles. The minimum Gasteiger partial charge on any atom is -0.353 e. The van der Waals surface area contributed by atoms with Crippen LogP contribution in [0.2, 0.25) is 0 Å². The highest BCUT2D eigenvalue weighted by Gasteiger charge is 2.29. The summed E-state index contributed by atoms with van der Waals surface area (Å²) in [6.45, 7) is 3.22. The zero-order chi connectivity index (χ0) is 13.8. The third-order valence-electron chi connectivity index (χ3n) is 5.23. The van der Waals surface area contributed by atoms with E-state index in [0.29, 0.717) is 18.5 Å². The first-order valence-electron chi connectivity index (χ1n) is 8.57. The van der Waals surface area contributed by atoms with Crippen LogP contribution in [0.4, 0.5) is 0 Å². The molecule has 2 unspecified atom stereocenters. The first-order valence-corrected chi connectivity index (χ1v) is 8.57. The normalized spacial score (nSPS) is 32.0. The Bertz CT molecular complexity index is 328. The van der Waals surface area contributed by atoms with Crippen LogP contribution >= 0.6 is 0 Å². The van der Waals surface area contributed by atoms with Crippen molar-refractivity contribution in [1.29, 1.82) is 0 Å². The van der Waals surface area contributed by atoms with Crippen molar-refractivity contribution in [3.63, 3.8) is 0 Å². The molecule has 4 heteroatoms. The van der Waals surface area contributed by atoms with Crippen molar-refractivity contribution < 1.29 is 4.79 Å². The van der Waals surface area contributed by atoms with Gasteiger partial charge in [0.05, 0.1) is 0 Å². The molecule has 2 atom stereocenters. The van der Waals surface area contributed by atoms with Gasteiger partial charge in [-0.2, -0.15) is 0 Å². The Morgan fingerprint density at radius 3 is 2.70 bits per heavy atom. The smallest absolute Gasteiger partial charge is 0.221 e. The van der Waals surface area contributed by atoms with Gasteiger partial charge >= 0.3 is 0 Å². The number of carbonyl (C=O) groups excluding carboxylic acids is 1. The maximum absolute atomic E-state index is 12.0. The van der Waals surface area contributed by atoms with Crippen LogP contribution in [0, 0.1) is 0 Å². The fourth-order valence-electron chi connectivity index (χ4n) is 4.02. The van der Waals surface area contributed by atoms with E-state index in [4.69, 9.17) is 0 Å². The van der Waals surface area contributed by atoms with Crippen molar-refractivity contribution >= 4 is 5.91 Å². The zero-order valence-electron chi connectivity index (χ0n) is 12.6. The molecule has 0 radical (unpaired) electrons. The number of hydrogen-bond donors (Lipinski definition) is 2. The Morgan fingerprint density at radius 2 is 1.85 bits per heavy atom. The van der Waals surface area contributed by atoms with Crippen LogP contribution in [0.25, 0.3) is 0 Å². The first kappa shape index (κ1) is 14.3. The van der Waals surface area contributed by atoms with E-state index in [9.17, 15) is 4.79 Å². The fraction of sp³-hybridized carbons (Fsp3) is 0.938. The molecular weight excluding hydrogens is 250 g/mol. The number of carbonyl (C=O) groups is 1. The number of likely N-dealkylation sites (tertiary alicyclic amines) is 1. The molecule has 3 aliphatic rings. The molecule has 4 nitrogen and oxygen atoms in total. The number of hydrogen-bond acceptors (Lipinski definition) is 3. The quantitative estimate of drug-likeness (QED) is 0.822. The predicted molar refractivity (Wildman–Crippen MR) is 80.6 cm³/mol. The lowest BCUT2D eigenvalue weighted by molar-refractivity contribution is -0.122. The van der Waals surface area contributed by atoms with Crippen LogP contribution in [0.3, 0.4) is 0 Å². The van der Waals surface area contributed by atoms with E-state index in [0.717, 1.165) is 25.7 Å².